The van der Waals surface area contributed by atoms with E-state index < -0.39 is 0 Å². The van der Waals surface area contributed by atoms with Gasteiger partial charge in [0, 0.05) is 57.6 Å². The van der Waals surface area contributed by atoms with Crippen molar-refractivity contribution in [3.8, 4) is 0 Å². The van der Waals surface area contributed by atoms with E-state index in [4.69, 9.17) is 0 Å². The van der Waals surface area contributed by atoms with Crippen molar-refractivity contribution in [1.29, 1.82) is 0 Å². The van der Waals surface area contributed by atoms with Crippen molar-refractivity contribution in [2.75, 3.05) is 32.7 Å². The van der Waals surface area contributed by atoms with Gasteiger partial charge in [0.25, 0.3) is 5.91 Å². The third-order valence-electron chi connectivity index (χ3n) is 5.75. The lowest BCUT2D eigenvalue weighted by atomic mass is 9.91. The smallest absolute Gasteiger partial charge is 0.253 e. The molecule has 3 rings (SSSR count). The van der Waals surface area contributed by atoms with E-state index in [1.165, 1.54) is 0 Å². The van der Waals surface area contributed by atoms with E-state index in [-0.39, 0.29) is 17.9 Å². The zero-order valence-corrected chi connectivity index (χ0v) is 16.1. The summed E-state index contributed by atoms with van der Waals surface area (Å²) in [6.07, 6.45) is 5.02. The lowest BCUT2D eigenvalue weighted by Crippen LogP contribution is -2.42. The molecule has 0 radical (unpaired) electrons. The van der Waals surface area contributed by atoms with Crippen molar-refractivity contribution in [2.24, 2.45) is 11.8 Å². The number of hydrogen-bond acceptors (Lipinski definition) is 4. The molecule has 2 aliphatic rings. The first-order valence-corrected chi connectivity index (χ1v) is 9.67. The summed E-state index contributed by atoms with van der Waals surface area (Å²) in [5.74, 6) is 1.16. The van der Waals surface area contributed by atoms with Crippen LogP contribution in [0, 0.1) is 18.8 Å². The van der Waals surface area contributed by atoms with Crippen LogP contribution in [0.3, 0.4) is 0 Å². The van der Waals surface area contributed by atoms with E-state index in [0.29, 0.717) is 23.8 Å². The fraction of sp³-hybridized carbons (Fsp3) is 0.650. The van der Waals surface area contributed by atoms with Crippen molar-refractivity contribution in [1.82, 2.24) is 20.1 Å². The van der Waals surface area contributed by atoms with Gasteiger partial charge in [-0.15, -0.1) is 0 Å². The van der Waals surface area contributed by atoms with Crippen LogP contribution < -0.4 is 5.32 Å². The normalized spacial score (nSPS) is 23.8. The molecule has 2 amide bonds. The molecule has 0 aromatic carbocycles. The summed E-state index contributed by atoms with van der Waals surface area (Å²) in [4.78, 5) is 32.9. The van der Waals surface area contributed by atoms with E-state index in [9.17, 15) is 9.59 Å². The molecule has 2 fully saturated rings. The van der Waals surface area contributed by atoms with Crippen LogP contribution >= 0.6 is 0 Å². The first kappa shape index (κ1) is 18.8. The van der Waals surface area contributed by atoms with Crippen LogP contribution in [-0.4, -0.2) is 65.4 Å². The van der Waals surface area contributed by atoms with Gasteiger partial charge in [-0.2, -0.15) is 0 Å². The summed E-state index contributed by atoms with van der Waals surface area (Å²) in [5, 5.41) is 3.23. The summed E-state index contributed by atoms with van der Waals surface area (Å²) in [5.41, 5.74) is 1.59. The van der Waals surface area contributed by atoms with E-state index in [1.807, 2.05) is 17.9 Å². The van der Waals surface area contributed by atoms with Crippen molar-refractivity contribution in [3.63, 3.8) is 0 Å². The number of carbonyl (C=O) groups excluding carboxylic acids is 2. The predicted molar refractivity (Wildman–Crippen MR) is 101 cm³/mol. The molecule has 0 spiro atoms. The predicted octanol–water partition coefficient (Wildman–Crippen LogP) is 1.70. The highest BCUT2D eigenvalue weighted by molar-refractivity contribution is 5.95. The summed E-state index contributed by atoms with van der Waals surface area (Å²) in [6, 6.07) is 2.00. The number of hydrogen-bond donors (Lipinski definition) is 1. The lowest BCUT2D eigenvalue weighted by molar-refractivity contribution is -0.127. The van der Waals surface area contributed by atoms with E-state index in [0.717, 1.165) is 44.7 Å². The minimum Gasteiger partial charge on any atom is -0.348 e. The van der Waals surface area contributed by atoms with Gasteiger partial charge in [-0.25, -0.2) is 0 Å². The first-order valence-electron chi connectivity index (χ1n) is 9.67. The van der Waals surface area contributed by atoms with Gasteiger partial charge < -0.3 is 10.2 Å². The van der Waals surface area contributed by atoms with Crippen molar-refractivity contribution in [2.45, 2.75) is 39.7 Å². The Hall–Kier alpha value is -1.95. The number of carbonyl (C=O) groups is 2. The number of pyridine rings is 1. The van der Waals surface area contributed by atoms with Crippen LogP contribution in [-0.2, 0) is 4.79 Å². The van der Waals surface area contributed by atoms with Crippen LogP contribution in [0.1, 0.15) is 42.6 Å². The second kappa shape index (κ2) is 8.16. The third kappa shape index (κ3) is 4.23. The van der Waals surface area contributed by atoms with E-state index >= 15 is 0 Å². The topological polar surface area (TPSA) is 65.5 Å². The van der Waals surface area contributed by atoms with E-state index in [1.54, 1.807) is 12.4 Å². The fourth-order valence-electron chi connectivity index (χ4n) is 4.07. The number of nitrogens with zero attached hydrogens (tertiary/aromatic N) is 3. The molecule has 3 heterocycles. The number of aryl methyl sites for hydroxylation is 1. The highest BCUT2D eigenvalue weighted by atomic mass is 16.2. The average Bonchev–Trinajstić information content (AvgIpc) is 3.19. The number of likely N-dealkylation sites (tertiary alicyclic amines) is 2. The van der Waals surface area contributed by atoms with Gasteiger partial charge >= 0.3 is 0 Å². The second-order valence-electron chi connectivity index (χ2n) is 7.92. The highest BCUT2D eigenvalue weighted by Crippen LogP contribution is 2.25. The monoisotopic (exact) mass is 358 g/mol. The molecule has 6 heteroatoms. The molecule has 0 unspecified atom stereocenters. The molecule has 2 atom stereocenters. The highest BCUT2D eigenvalue weighted by Gasteiger charge is 2.36. The Morgan fingerprint density at radius 2 is 2.15 bits per heavy atom. The zero-order valence-electron chi connectivity index (χ0n) is 16.1. The molecule has 1 aromatic rings. The Balaban J connectivity index is 1.59. The maximum Gasteiger partial charge on any atom is 0.253 e. The van der Waals surface area contributed by atoms with Crippen molar-refractivity contribution >= 4 is 11.8 Å². The van der Waals surface area contributed by atoms with Crippen LogP contribution in [0.2, 0.25) is 0 Å². The molecular formula is C20H30N4O2. The average molecular weight is 358 g/mol. The van der Waals surface area contributed by atoms with Crippen molar-refractivity contribution < 1.29 is 9.59 Å². The Morgan fingerprint density at radius 1 is 1.35 bits per heavy atom. The zero-order chi connectivity index (χ0) is 18.7. The molecule has 142 valence electrons. The Bertz CT molecular complexity index is 661. The molecule has 2 aliphatic heterocycles. The summed E-state index contributed by atoms with van der Waals surface area (Å²) < 4.78 is 0. The molecule has 2 saturated heterocycles. The Kier molecular flexibility index (Phi) is 5.91. The van der Waals surface area contributed by atoms with Crippen LogP contribution in [0.25, 0.3) is 0 Å². The quantitative estimate of drug-likeness (QED) is 0.841. The van der Waals surface area contributed by atoms with Gasteiger partial charge in [-0.05, 0) is 36.8 Å². The molecule has 0 saturated carbocycles. The molecule has 1 aromatic heterocycles. The van der Waals surface area contributed by atoms with Gasteiger partial charge in [0.2, 0.25) is 5.91 Å². The molecule has 6 nitrogen and oxygen atoms in total. The van der Waals surface area contributed by atoms with Gasteiger partial charge in [-0.3, -0.25) is 19.5 Å². The summed E-state index contributed by atoms with van der Waals surface area (Å²) >= 11 is 0. The SMILES string of the molecule is Cc1ccncc1C(=O)N[C@H]1CN(CCN2CCCC2=O)C[C@@H]1C(C)C. The molecule has 0 bridgehead atoms. The molecule has 0 aliphatic carbocycles. The minimum atomic E-state index is -0.0391. The maximum atomic E-state index is 12.7. The van der Waals surface area contributed by atoms with E-state index in [2.05, 4.69) is 29.0 Å². The largest absolute Gasteiger partial charge is 0.348 e. The second-order valence-corrected chi connectivity index (χ2v) is 7.92. The number of nitrogens with one attached hydrogen (secondary N) is 1. The Morgan fingerprint density at radius 3 is 2.81 bits per heavy atom. The minimum absolute atomic E-state index is 0.0391. The molecule has 1 N–H and O–H groups in total. The molecular weight excluding hydrogens is 328 g/mol. The Labute approximate surface area is 156 Å². The fourth-order valence-corrected chi connectivity index (χ4v) is 4.07. The molecule has 26 heavy (non-hydrogen) atoms. The van der Waals surface area contributed by atoms with Crippen LogP contribution in [0.15, 0.2) is 18.5 Å². The van der Waals surface area contributed by atoms with Crippen LogP contribution in [0.4, 0.5) is 0 Å². The van der Waals surface area contributed by atoms with Crippen LogP contribution in [0.5, 0.6) is 0 Å². The first-order chi connectivity index (χ1) is 12.5. The lowest BCUT2D eigenvalue weighted by Gasteiger charge is -2.23. The van der Waals surface area contributed by atoms with Gasteiger partial charge in [0.15, 0.2) is 0 Å². The summed E-state index contributed by atoms with van der Waals surface area (Å²) in [6.45, 7) is 10.7. The number of aromatic nitrogens is 1. The van der Waals surface area contributed by atoms with Crippen molar-refractivity contribution in [3.05, 3.63) is 29.6 Å². The number of amides is 2. The standard InChI is InChI=1S/C20H30N4O2/c1-14(2)17-12-23(9-10-24-8-4-5-19(24)25)13-18(17)22-20(26)16-11-21-7-6-15(16)3/h6-7,11,14,17-18H,4-5,8-10,12-13H2,1-3H3,(H,22,26)/t17-,18+/m1/s1. The summed E-state index contributed by atoms with van der Waals surface area (Å²) in [7, 11) is 0. The maximum absolute atomic E-state index is 12.7. The van der Waals surface area contributed by atoms with Gasteiger partial charge in [0.1, 0.15) is 0 Å². The van der Waals surface area contributed by atoms with Gasteiger partial charge in [-0.1, -0.05) is 13.8 Å². The third-order valence-corrected chi connectivity index (χ3v) is 5.75. The number of rotatable bonds is 6. The van der Waals surface area contributed by atoms with Gasteiger partial charge in [0.05, 0.1) is 5.56 Å².